The number of carbonyl (C=O) groups excluding carboxylic acids is 1. The third-order valence-electron chi connectivity index (χ3n) is 2.74. The van der Waals surface area contributed by atoms with Crippen LogP contribution < -0.4 is 4.90 Å². The van der Waals surface area contributed by atoms with Crippen molar-refractivity contribution in [3.8, 4) is 6.07 Å². The predicted molar refractivity (Wildman–Crippen MR) is 63.8 cm³/mol. The Morgan fingerprint density at radius 2 is 2.00 bits per heavy atom. The van der Waals surface area contributed by atoms with Gasteiger partial charge in [0.1, 0.15) is 6.07 Å². The molecule has 0 saturated carbocycles. The van der Waals surface area contributed by atoms with Crippen molar-refractivity contribution in [2.75, 3.05) is 11.4 Å². The molecule has 4 nitrogen and oxygen atoms in total. The minimum atomic E-state index is -0.607. The summed E-state index contributed by atoms with van der Waals surface area (Å²) < 4.78 is 5.01. The lowest BCUT2D eigenvalue weighted by atomic mass is 10.1. The molecule has 0 N–H and O–H groups in total. The van der Waals surface area contributed by atoms with E-state index in [1.54, 1.807) is 4.90 Å². The Hall–Kier alpha value is -2.02. The molecule has 1 heterocycles. The summed E-state index contributed by atoms with van der Waals surface area (Å²) in [5, 5.41) is 8.71. The third kappa shape index (κ3) is 2.39. The van der Waals surface area contributed by atoms with Gasteiger partial charge in [0.2, 0.25) is 0 Å². The molecule has 4 heteroatoms. The lowest BCUT2D eigenvalue weighted by molar-refractivity contribution is 0.111. The van der Waals surface area contributed by atoms with E-state index >= 15 is 0 Å². The van der Waals surface area contributed by atoms with Crippen molar-refractivity contribution in [1.82, 2.24) is 0 Å². The van der Waals surface area contributed by atoms with Gasteiger partial charge in [-0.3, -0.25) is 4.90 Å². The highest BCUT2D eigenvalue weighted by Crippen LogP contribution is 2.23. The predicted octanol–water partition coefficient (Wildman–Crippen LogP) is 2.54. The highest BCUT2D eigenvalue weighted by atomic mass is 16.6. The number of benzene rings is 1. The van der Waals surface area contributed by atoms with E-state index in [0.29, 0.717) is 13.0 Å². The molecule has 1 saturated heterocycles. The second kappa shape index (κ2) is 4.46. The molecule has 1 atom stereocenters. The zero-order valence-corrected chi connectivity index (χ0v) is 9.93. The molecule has 1 unspecified atom stereocenters. The fourth-order valence-electron chi connectivity index (χ4n) is 2.01. The van der Waals surface area contributed by atoms with Crippen molar-refractivity contribution < 1.29 is 9.53 Å². The number of hydrogen-bond donors (Lipinski definition) is 0. The number of carbonyl (C=O) groups is 1. The Kier molecular flexibility index (Phi) is 3.01. The maximum atomic E-state index is 11.7. The fourth-order valence-corrected chi connectivity index (χ4v) is 2.01. The van der Waals surface area contributed by atoms with E-state index < -0.39 is 12.2 Å². The smallest absolute Gasteiger partial charge is 0.415 e. The molecule has 88 valence electrons. The molecule has 1 aromatic rings. The van der Waals surface area contributed by atoms with Crippen LogP contribution >= 0.6 is 0 Å². The molecule has 1 amide bonds. The summed E-state index contributed by atoms with van der Waals surface area (Å²) in [5.74, 6) is 0. The third-order valence-corrected chi connectivity index (χ3v) is 2.74. The average molecular weight is 230 g/mol. The van der Waals surface area contributed by atoms with Gasteiger partial charge in [-0.1, -0.05) is 6.07 Å². The van der Waals surface area contributed by atoms with Gasteiger partial charge in [0.05, 0.1) is 0 Å². The number of nitrogens with zero attached hydrogens (tertiary/aromatic N) is 2. The molecule has 17 heavy (non-hydrogen) atoms. The van der Waals surface area contributed by atoms with Gasteiger partial charge in [0.25, 0.3) is 0 Å². The summed E-state index contributed by atoms with van der Waals surface area (Å²) in [6.45, 7) is 4.51. The zero-order valence-electron chi connectivity index (χ0n) is 9.93. The molecule has 0 radical (unpaired) electrons. The lowest BCUT2D eigenvalue weighted by Crippen LogP contribution is -2.41. The topological polar surface area (TPSA) is 53.3 Å². The zero-order chi connectivity index (χ0) is 12.4. The van der Waals surface area contributed by atoms with Crippen molar-refractivity contribution in [2.45, 2.75) is 26.4 Å². The van der Waals surface area contributed by atoms with Crippen LogP contribution in [-0.2, 0) is 4.74 Å². The summed E-state index contributed by atoms with van der Waals surface area (Å²) in [4.78, 5) is 13.3. The number of nitriles is 1. The van der Waals surface area contributed by atoms with E-state index in [9.17, 15) is 4.79 Å². The molecule has 0 aliphatic carbocycles. The molecule has 2 rings (SSSR count). The van der Waals surface area contributed by atoms with Gasteiger partial charge in [-0.05, 0) is 37.1 Å². The van der Waals surface area contributed by atoms with Gasteiger partial charge >= 0.3 is 6.09 Å². The van der Waals surface area contributed by atoms with Crippen LogP contribution in [0.15, 0.2) is 18.2 Å². The molecule has 0 aromatic heterocycles. The van der Waals surface area contributed by atoms with Crippen LogP contribution in [0.4, 0.5) is 10.5 Å². The van der Waals surface area contributed by atoms with Crippen molar-refractivity contribution in [2.24, 2.45) is 0 Å². The first-order chi connectivity index (χ1) is 8.10. The number of anilines is 1. The quantitative estimate of drug-likeness (QED) is 0.745. The second-order valence-electron chi connectivity index (χ2n) is 4.29. The van der Waals surface area contributed by atoms with Gasteiger partial charge in [-0.2, -0.15) is 5.26 Å². The van der Waals surface area contributed by atoms with Gasteiger partial charge in [0, 0.05) is 18.7 Å². The molecular formula is C13H14N2O2. The molecule has 0 bridgehead atoms. The summed E-state index contributed by atoms with van der Waals surface area (Å²) in [5.41, 5.74) is 3.05. The summed E-state index contributed by atoms with van der Waals surface area (Å²) >= 11 is 0. The number of amides is 1. The van der Waals surface area contributed by atoms with E-state index in [4.69, 9.17) is 10.00 Å². The number of aryl methyl sites for hydroxylation is 2. The van der Waals surface area contributed by atoms with Crippen LogP contribution in [0.3, 0.4) is 0 Å². The van der Waals surface area contributed by atoms with Crippen molar-refractivity contribution in [3.05, 3.63) is 29.3 Å². The standard InChI is InChI=1S/C13H14N2O2/c1-9-5-10(2)7-11(6-9)15-4-3-12(8-14)17-13(15)16/h5-7,12H,3-4H2,1-2H3. The summed E-state index contributed by atoms with van der Waals surface area (Å²) in [7, 11) is 0. The van der Waals surface area contributed by atoms with Gasteiger partial charge in [-0.25, -0.2) is 4.79 Å². The van der Waals surface area contributed by atoms with E-state index in [-0.39, 0.29) is 0 Å². The first kappa shape index (κ1) is 11.5. The second-order valence-corrected chi connectivity index (χ2v) is 4.29. The van der Waals surface area contributed by atoms with Crippen molar-refractivity contribution in [1.29, 1.82) is 5.26 Å². The Morgan fingerprint density at radius 3 is 2.53 bits per heavy atom. The van der Waals surface area contributed by atoms with E-state index in [2.05, 4.69) is 6.07 Å². The van der Waals surface area contributed by atoms with Gasteiger partial charge in [-0.15, -0.1) is 0 Å². The van der Waals surface area contributed by atoms with Crippen molar-refractivity contribution in [3.63, 3.8) is 0 Å². The number of cyclic esters (lactones) is 1. The maximum absolute atomic E-state index is 11.7. The molecule has 0 spiro atoms. The monoisotopic (exact) mass is 230 g/mol. The largest absolute Gasteiger partial charge is 0.430 e. The van der Waals surface area contributed by atoms with E-state index in [1.807, 2.05) is 32.0 Å². The summed E-state index contributed by atoms with van der Waals surface area (Å²) in [6, 6.07) is 7.90. The Balaban J connectivity index is 2.24. The van der Waals surface area contributed by atoms with Gasteiger partial charge < -0.3 is 4.74 Å². The molecule has 1 aliphatic rings. The normalized spacial score (nSPS) is 19.7. The minimum absolute atomic E-state index is 0.437. The van der Waals surface area contributed by atoms with Crippen molar-refractivity contribution >= 4 is 11.8 Å². The molecule has 1 fully saturated rings. The minimum Gasteiger partial charge on any atom is -0.430 e. The Labute approximate surface area is 100 Å². The highest BCUT2D eigenvalue weighted by Gasteiger charge is 2.28. The Morgan fingerprint density at radius 1 is 1.35 bits per heavy atom. The maximum Gasteiger partial charge on any atom is 0.415 e. The number of ether oxygens (including phenoxy) is 1. The highest BCUT2D eigenvalue weighted by molar-refractivity contribution is 5.88. The first-order valence-corrected chi connectivity index (χ1v) is 5.56. The molecular weight excluding hydrogens is 216 g/mol. The van der Waals surface area contributed by atoms with Crippen LogP contribution in [0, 0.1) is 25.2 Å². The van der Waals surface area contributed by atoms with Gasteiger partial charge in [0.15, 0.2) is 6.10 Å². The molecule has 1 aliphatic heterocycles. The van der Waals surface area contributed by atoms with Crippen LogP contribution in [0.5, 0.6) is 0 Å². The van der Waals surface area contributed by atoms with Crippen LogP contribution in [-0.4, -0.2) is 18.7 Å². The fraction of sp³-hybridized carbons (Fsp3) is 0.385. The lowest BCUT2D eigenvalue weighted by Gasteiger charge is -2.29. The Bertz CT molecular complexity index is 470. The SMILES string of the molecule is Cc1cc(C)cc(N2CCC(C#N)OC2=O)c1. The van der Waals surface area contributed by atoms with Crippen LogP contribution in [0.2, 0.25) is 0 Å². The van der Waals surface area contributed by atoms with E-state index in [0.717, 1.165) is 16.8 Å². The van der Waals surface area contributed by atoms with Crippen LogP contribution in [0.1, 0.15) is 17.5 Å². The average Bonchev–Trinajstić information content (AvgIpc) is 2.27. The molecule has 1 aromatic carbocycles. The van der Waals surface area contributed by atoms with E-state index in [1.165, 1.54) is 0 Å². The number of hydrogen-bond acceptors (Lipinski definition) is 3. The first-order valence-electron chi connectivity index (χ1n) is 5.56. The van der Waals surface area contributed by atoms with Crippen LogP contribution in [0.25, 0.3) is 0 Å². The number of rotatable bonds is 1. The summed E-state index contributed by atoms with van der Waals surface area (Å²) in [6.07, 6.45) is -0.493.